The summed E-state index contributed by atoms with van der Waals surface area (Å²) in [7, 11) is 0. The van der Waals surface area contributed by atoms with Crippen molar-refractivity contribution in [3.8, 4) is 11.5 Å². The van der Waals surface area contributed by atoms with Crippen LogP contribution in [0.3, 0.4) is 0 Å². The number of fused-ring (bicyclic) bond motifs is 1. The first-order valence-corrected chi connectivity index (χ1v) is 6.74. The molecule has 0 bridgehead atoms. The van der Waals surface area contributed by atoms with Crippen LogP contribution >= 0.6 is 12.2 Å². The van der Waals surface area contributed by atoms with E-state index >= 15 is 0 Å². The van der Waals surface area contributed by atoms with E-state index in [1.165, 1.54) is 0 Å². The highest BCUT2D eigenvalue weighted by Crippen LogP contribution is 2.35. The number of nitrogens with zero attached hydrogens (tertiary/aromatic N) is 2. The quantitative estimate of drug-likeness (QED) is 0.876. The minimum Gasteiger partial charge on any atom is -0.485 e. The van der Waals surface area contributed by atoms with E-state index in [0.717, 1.165) is 30.3 Å². The van der Waals surface area contributed by atoms with Gasteiger partial charge in [0.05, 0.1) is 0 Å². The molecular weight excluding hydrogens is 262 g/mol. The molecule has 0 aliphatic carbocycles. The third-order valence-electron chi connectivity index (χ3n) is 3.03. The maximum atomic E-state index is 5.94. The van der Waals surface area contributed by atoms with Crippen LogP contribution < -0.4 is 9.47 Å². The van der Waals surface area contributed by atoms with E-state index in [4.69, 9.17) is 21.7 Å². The number of rotatable bonds is 3. The first-order valence-electron chi connectivity index (χ1n) is 6.33. The molecule has 0 amide bonds. The standard InChI is InChI=1S/C13H15N3O2S/c1-2-7-16-12(14-15-13(16)19)11-8-17-9-5-3-4-6-10(9)18-11/h3-6,11H,2,7-8H2,1H3,(H,15,19). The fraction of sp³-hybridized carbons (Fsp3) is 0.385. The molecule has 0 saturated heterocycles. The number of ether oxygens (including phenoxy) is 2. The Hall–Kier alpha value is -1.82. The molecule has 1 atom stereocenters. The zero-order valence-electron chi connectivity index (χ0n) is 10.6. The summed E-state index contributed by atoms with van der Waals surface area (Å²) in [4.78, 5) is 0. The Morgan fingerprint density at radius 3 is 3.00 bits per heavy atom. The van der Waals surface area contributed by atoms with Crippen molar-refractivity contribution in [2.45, 2.75) is 26.0 Å². The Morgan fingerprint density at radius 2 is 2.21 bits per heavy atom. The lowest BCUT2D eigenvalue weighted by Crippen LogP contribution is -2.25. The third kappa shape index (κ3) is 2.23. The second-order valence-corrected chi connectivity index (χ2v) is 4.79. The lowest BCUT2D eigenvalue weighted by Gasteiger charge is -2.25. The van der Waals surface area contributed by atoms with E-state index in [0.29, 0.717) is 11.4 Å². The predicted octanol–water partition coefficient (Wildman–Crippen LogP) is 2.86. The van der Waals surface area contributed by atoms with Gasteiger partial charge >= 0.3 is 0 Å². The minimum atomic E-state index is -0.227. The molecule has 0 spiro atoms. The van der Waals surface area contributed by atoms with Crippen LogP contribution in [0.25, 0.3) is 0 Å². The number of nitrogens with one attached hydrogen (secondary N) is 1. The highest BCUT2D eigenvalue weighted by atomic mass is 32.1. The molecule has 1 unspecified atom stereocenters. The lowest BCUT2D eigenvalue weighted by molar-refractivity contribution is 0.0820. The first-order chi connectivity index (χ1) is 9.29. The second kappa shape index (κ2) is 5.05. The van der Waals surface area contributed by atoms with Crippen molar-refractivity contribution in [1.29, 1.82) is 0 Å². The maximum absolute atomic E-state index is 5.94. The van der Waals surface area contributed by atoms with Gasteiger partial charge in [0.2, 0.25) is 0 Å². The molecule has 2 heterocycles. The second-order valence-electron chi connectivity index (χ2n) is 4.40. The molecule has 0 radical (unpaired) electrons. The summed E-state index contributed by atoms with van der Waals surface area (Å²) in [5.41, 5.74) is 0. The zero-order valence-corrected chi connectivity index (χ0v) is 11.4. The van der Waals surface area contributed by atoms with E-state index in [1.807, 2.05) is 28.8 Å². The van der Waals surface area contributed by atoms with Crippen molar-refractivity contribution in [2.24, 2.45) is 0 Å². The Labute approximate surface area is 116 Å². The van der Waals surface area contributed by atoms with Crippen molar-refractivity contribution in [1.82, 2.24) is 14.8 Å². The van der Waals surface area contributed by atoms with Gasteiger partial charge in [-0.2, -0.15) is 5.10 Å². The van der Waals surface area contributed by atoms with Gasteiger partial charge < -0.3 is 14.0 Å². The Bertz CT molecular complexity index is 635. The Kier molecular flexibility index (Phi) is 3.25. The number of benzene rings is 1. The fourth-order valence-corrected chi connectivity index (χ4v) is 2.39. The molecular formula is C13H15N3O2S. The fourth-order valence-electron chi connectivity index (χ4n) is 2.16. The molecule has 1 aliphatic heterocycles. The molecule has 1 aliphatic rings. The summed E-state index contributed by atoms with van der Waals surface area (Å²) < 4.78 is 14.2. The van der Waals surface area contributed by atoms with Gasteiger partial charge in [-0.25, -0.2) is 0 Å². The molecule has 2 aromatic rings. The average Bonchev–Trinajstić information content (AvgIpc) is 2.80. The summed E-state index contributed by atoms with van der Waals surface area (Å²) in [6.45, 7) is 3.37. The van der Waals surface area contributed by atoms with Crippen LogP contribution in [-0.4, -0.2) is 21.4 Å². The van der Waals surface area contributed by atoms with Crippen molar-refractivity contribution in [3.05, 3.63) is 34.9 Å². The average molecular weight is 277 g/mol. The number of aromatic nitrogens is 3. The Morgan fingerprint density at radius 1 is 1.42 bits per heavy atom. The number of hydrogen-bond acceptors (Lipinski definition) is 4. The van der Waals surface area contributed by atoms with Crippen molar-refractivity contribution < 1.29 is 9.47 Å². The van der Waals surface area contributed by atoms with Gasteiger partial charge in [-0.05, 0) is 30.8 Å². The number of H-pyrrole nitrogens is 1. The molecule has 0 fully saturated rings. The van der Waals surface area contributed by atoms with Crippen LogP contribution in [-0.2, 0) is 6.54 Å². The van der Waals surface area contributed by atoms with Crippen molar-refractivity contribution >= 4 is 12.2 Å². The van der Waals surface area contributed by atoms with Gasteiger partial charge in [-0.15, -0.1) is 0 Å². The normalized spacial score (nSPS) is 17.4. The number of hydrogen-bond donors (Lipinski definition) is 1. The SMILES string of the molecule is CCCn1c(C2COc3ccccc3O2)n[nH]c1=S. The molecule has 5 nitrogen and oxygen atoms in total. The zero-order chi connectivity index (χ0) is 13.2. The molecule has 1 aromatic carbocycles. The number of para-hydroxylation sites is 2. The summed E-state index contributed by atoms with van der Waals surface area (Å²) in [6.07, 6.45) is 0.764. The summed E-state index contributed by atoms with van der Waals surface area (Å²) >= 11 is 5.23. The topological polar surface area (TPSA) is 52.1 Å². The van der Waals surface area contributed by atoms with Crippen LogP contribution in [0, 0.1) is 4.77 Å². The van der Waals surface area contributed by atoms with E-state index in [2.05, 4.69) is 17.1 Å². The molecule has 6 heteroatoms. The van der Waals surface area contributed by atoms with Gasteiger partial charge in [0.15, 0.2) is 28.2 Å². The first kappa shape index (κ1) is 12.2. The van der Waals surface area contributed by atoms with E-state index < -0.39 is 0 Å². The summed E-state index contributed by atoms with van der Waals surface area (Å²) in [5.74, 6) is 2.31. The van der Waals surface area contributed by atoms with Crippen LogP contribution in [0.2, 0.25) is 0 Å². The van der Waals surface area contributed by atoms with Crippen LogP contribution in [0.5, 0.6) is 11.5 Å². The molecule has 1 N–H and O–H groups in total. The smallest absolute Gasteiger partial charge is 0.195 e. The van der Waals surface area contributed by atoms with Gasteiger partial charge in [-0.1, -0.05) is 19.1 Å². The lowest BCUT2D eigenvalue weighted by atomic mass is 10.2. The van der Waals surface area contributed by atoms with Crippen LogP contribution in [0.4, 0.5) is 0 Å². The molecule has 1 aromatic heterocycles. The van der Waals surface area contributed by atoms with Crippen molar-refractivity contribution in [3.63, 3.8) is 0 Å². The van der Waals surface area contributed by atoms with E-state index in [1.54, 1.807) is 0 Å². The monoisotopic (exact) mass is 277 g/mol. The van der Waals surface area contributed by atoms with Gasteiger partial charge in [-0.3, -0.25) is 5.10 Å². The highest BCUT2D eigenvalue weighted by Gasteiger charge is 2.26. The van der Waals surface area contributed by atoms with Gasteiger partial charge in [0.25, 0.3) is 0 Å². The van der Waals surface area contributed by atoms with Crippen molar-refractivity contribution in [2.75, 3.05) is 6.61 Å². The summed E-state index contributed by atoms with van der Waals surface area (Å²) in [6, 6.07) is 7.64. The maximum Gasteiger partial charge on any atom is 0.195 e. The third-order valence-corrected chi connectivity index (χ3v) is 3.34. The summed E-state index contributed by atoms with van der Waals surface area (Å²) in [5, 5.41) is 7.10. The van der Waals surface area contributed by atoms with Gasteiger partial charge in [0.1, 0.15) is 6.61 Å². The van der Waals surface area contributed by atoms with Crippen LogP contribution in [0.15, 0.2) is 24.3 Å². The van der Waals surface area contributed by atoms with Crippen LogP contribution in [0.1, 0.15) is 25.3 Å². The largest absolute Gasteiger partial charge is 0.485 e. The van der Waals surface area contributed by atoms with E-state index in [9.17, 15) is 0 Å². The minimum absolute atomic E-state index is 0.227. The molecule has 19 heavy (non-hydrogen) atoms. The highest BCUT2D eigenvalue weighted by molar-refractivity contribution is 7.71. The molecule has 3 rings (SSSR count). The Balaban J connectivity index is 1.91. The molecule has 0 saturated carbocycles. The molecule has 100 valence electrons. The predicted molar refractivity (Wildman–Crippen MR) is 73.0 cm³/mol. The number of aromatic amines is 1. The van der Waals surface area contributed by atoms with E-state index in [-0.39, 0.29) is 6.10 Å². The van der Waals surface area contributed by atoms with Gasteiger partial charge in [0, 0.05) is 6.54 Å².